The van der Waals surface area contributed by atoms with Crippen molar-refractivity contribution in [1.82, 2.24) is 9.78 Å². The highest BCUT2D eigenvalue weighted by molar-refractivity contribution is 5.92. The first-order valence-electron chi connectivity index (χ1n) is 7.83. The minimum atomic E-state index is -2.86. The summed E-state index contributed by atoms with van der Waals surface area (Å²) in [5, 5.41) is 4.46. The SMILES string of the molecule is CCOC(=O)c1c(C)nn(-c2ccc(OC(F)F)cc2)c1C1CC1. The van der Waals surface area contributed by atoms with Crippen LogP contribution in [0.15, 0.2) is 24.3 Å². The predicted octanol–water partition coefficient (Wildman–Crippen LogP) is 3.84. The second kappa shape index (κ2) is 6.59. The van der Waals surface area contributed by atoms with Crippen molar-refractivity contribution < 1.29 is 23.0 Å². The minimum Gasteiger partial charge on any atom is -0.462 e. The van der Waals surface area contributed by atoms with Gasteiger partial charge in [0.2, 0.25) is 0 Å². The fraction of sp³-hybridized carbons (Fsp3) is 0.412. The minimum absolute atomic E-state index is 0.0798. The Morgan fingerprint density at radius 1 is 1.33 bits per heavy atom. The van der Waals surface area contributed by atoms with Gasteiger partial charge < -0.3 is 9.47 Å². The number of aryl methyl sites for hydroxylation is 1. The molecule has 0 spiro atoms. The second-order valence-corrected chi connectivity index (χ2v) is 5.62. The largest absolute Gasteiger partial charge is 0.462 e. The Morgan fingerprint density at radius 2 is 2.00 bits per heavy atom. The van der Waals surface area contributed by atoms with Gasteiger partial charge in [-0.1, -0.05) is 0 Å². The summed E-state index contributed by atoms with van der Waals surface area (Å²) < 4.78 is 35.7. The highest BCUT2D eigenvalue weighted by Gasteiger charge is 2.35. The van der Waals surface area contributed by atoms with Crippen LogP contribution in [0.4, 0.5) is 8.78 Å². The van der Waals surface area contributed by atoms with Crippen molar-refractivity contribution >= 4 is 5.97 Å². The van der Waals surface area contributed by atoms with E-state index in [1.807, 2.05) is 0 Å². The number of aromatic nitrogens is 2. The number of esters is 1. The van der Waals surface area contributed by atoms with Crippen LogP contribution in [0.25, 0.3) is 5.69 Å². The third-order valence-electron chi connectivity index (χ3n) is 3.85. The summed E-state index contributed by atoms with van der Waals surface area (Å²) in [5.41, 5.74) is 2.63. The molecule has 1 saturated carbocycles. The van der Waals surface area contributed by atoms with Crippen LogP contribution in [-0.2, 0) is 4.74 Å². The molecule has 7 heteroatoms. The number of benzene rings is 1. The van der Waals surface area contributed by atoms with E-state index in [2.05, 4.69) is 9.84 Å². The second-order valence-electron chi connectivity index (χ2n) is 5.62. The van der Waals surface area contributed by atoms with Gasteiger partial charge in [0.15, 0.2) is 0 Å². The number of hydrogen-bond acceptors (Lipinski definition) is 4. The molecule has 5 nitrogen and oxygen atoms in total. The molecule has 0 amide bonds. The van der Waals surface area contributed by atoms with Crippen molar-refractivity contribution in [3.63, 3.8) is 0 Å². The summed E-state index contributed by atoms with van der Waals surface area (Å²) >= 11 is 0. The summed E-state index contributed by atoms with van der Waals surface area (Å²) in [6, 6.07) is 6.20. The van der Waals surface area contributed by atoms with Crippen LogP contribution in [-0.4, -0.2) is 29.0 Å². The average molecular weight is 336 g/mol. The van der Waals surface area contributed by atoms with Crippen molar-refractivity contribution in [2.75, 3.05) is 6.61 Å². The molecular weight excluding hydrogens is 318 g/mol. The zero-order valence-electron chi connectivity index (χ0n) is 13.5. The molecule has 1 heterocycles. The quantitative estimate of drug-likeness (QED) is 0.752. The molecule has 0 unspecified atom stereocenters. The molecule has 3 rings (SSSR count). The van der Waals surface area contributed by atoms with E-state index in [9.17, 15) is 13.6 Å². The van der Waals surface area contributed by atoms with Gasteiger partial charge in [0.05, 0.1) is 23.7 Å². The van der Waals surface area contributed by atoms with E-state index in [0.717, 1.165) is 18.5 Å². The van der Waals surface area contributed by atoms with Crippen LogP contribution in [0, 0.1) is 6.92 Å². The Balaban J connectivity index is 1.99. The van der Waals surface area contributed by atoms with Crippen molar-refractivity contribution in [3.05, 3.63) is 41.2 Å². The zero-order chi connectivity index (χ0) is 17.3. The van der Waals surface area contributed by atoms with Gasteiger partial charge in [-0.05, 0) is 51.0 Å². The molecule has 2 aromatic rings. The van der Waals surface area contributed by atoms with E-state index in [-0.39, 0.29) is 17.6 Å². The van der Waals surface area contributed by atoms with Gasteiger partial charge in [-0.3, -0.25) is 0 Å². The monoisotopic (exact) mass is 336 g/mol. The Kier molecular flexibility index (Phi) is 4.51. The zero-order valence-corrected chi connectivity index (χ0v) is 13.5. The predicted molar refractivity (Wildman–Crippen MR) is 82.9 cm³/mol. The Labute approximate surface area is 138 Å². The third kappa shape index (κ3) is 3.25. The topological polar surface area (TPSA) is 53.3 Å². The molecule has 1 aliphatic carbocycles. The van der Waals surface area contributed by atoms with Crippen LogP contribution in [0.1, 0.15) is 47.4 Å². The molecule has 24 heavy (non-hydrogen) atoms. The first kappa shape index (κ1) is 16.4. The Hall–Kier alpha value is -2.44. The maximum Gasteiger partial charge on any atom is 0.387 e. The molecule has 0 atom stereocenters. The molecular formula is C17H18F2N2O3. The van der Waals surface area contributed by atoms with Gasteiger partial charge >= 0.3 is 12.6 Å². The van der Waals surface area contributed by atoms with Crippen LogP contribution >= 0.6 is 0 Å². The molecule has 0 radical (unpaired) electrons. The average Bonchev–Trinajstić information content (AvgIpc) is 3.30. The molecule has 1 aliphatic rings. The van der Waals surface area contributed by atoms with E-state index in [1.54, 1.807) is 30.7 Å². The number of carbonyl (C=O) groups excluding carboxylic acids is 1. The normalized spacial score (nSPS) is 14.0. The van der Waals surface area contributed by atoms with E-state index in [0.29, 0.717) is 23.6 Å². The van der Waals surface area contributed by atoms with E-state index in [1.165, 1.54) is 12.1 Å². The van der Waals surface area contributed by atoms with Crippen LogP contribution < -0.4 is 4.74 Å². The summed E-state index contributed by atoms with van der Waals surface area (Å²) in [6.45, 7) is 0.965. The summed E-state index contributed by atoms with van der Waals surface area (Å²) in [4.78, 5) is 12.3. The lowest BCUT2D eigenvalue weighted by molar-refractivity contribution is -0.0498. The standard InChI is InChI=1S/C17H18F2N2O3/c1-3-23-16(22)14-10(2)20-21(15(14)11-4-5-11)12-6-8-13(9-7-12)24-17(18)19/h6-9,11,17H,3-5H2,1-2H3. The van der Waals surface area contributed by atoms with Crippen LogP contribution in [0.2, 0.25) is 0 Å². The van der Waals surface area contributed by atoms with Crippen LogP contribution in [0.3, 0.4) is 0 Å². The highest BCUT2D eigenvalue weighted by atomic mass is 19.3. The summed E-state index contributed by atoms with van der Waals surface area (Å²) in [7, 11) is 0. The molecule has 1 aromatic carbocycles. The lowest BCUT2D eigenvalue weighted by Crippen LogP contribution is -2.09. The van der Waals surface area contributed by atoms with Gasteiger partial charge in [0.1, 0.15) is 11.3 Å². The van der Waals surface area contributed by atoms with Gasteiger partial charge in [0.25, 0.3) is 0 Å². The molecule has 0 saturated heterocycles. The number of nitrogens with zero attached hydrogens (tertiary/aromatic N) is 2. The van der Waals surface area contributed by atoms with Crippen molar-refractivity contribution in [3.8, 4) is 11.4 Å². The Bertz CT molecular complexity index is 737. The van der Waals surface area contributed by atoms with Gasteiger partial charge in [0, 0.05) is 5.92 Å². The first-order chi connectivity index (χ1) is 11.5. The first-order valence-corrected chi connectivity index (χ1v) is 7.83. The molecule has 0 N–H and O–H groups in total. The number of ether oxygens (including phenoxy) is 2. The molecule has 128 valence electrons. The molecule has 0 bridgehead atoms. The van der Waals surface area contributed by atoms with E-state index >= 15 is 0 Å². The van der Waals surface area contributed by atoms with Crippen molar-refractivity contribution in [1.29, 1.82) is 0 Å². The lowest BCUT2D eigenvalue weighted by Gasteiger charge is -2.10. The number of halogens is 2. The molecule has 1 aromatic heterocycles. The maximum absolute atomic E-state index is 12.3. The van der Waals surface area contributed by atoms with E-state index < -0.39 is 6.61 Å². The number of rotatable bonds is 6. The number of hydrogen-bond donors (Lipinski definition) is 0. The van der Waals surface area contributed by atoms with Crippen molar-refractivity contribution in [2.45, 2.75) is 39.2 Å². The summed E-state index contributed by atoms with van der Waals surface area (Å²) in [5.74, 6) is -0.0281. The fourth-order valence-electron chi connectivity index (χ4n) is 2.70. The van der Waals surface area contributed by atoms with E-state index in [4.69, 9.17) is 4.74 Å². The lowest BCUT2D eigenvalue weighted by atomic mass is 10.1. The third-order valence-corrected chi connectivity index (χ3v) is 3.85. The maximum atomic E-state index is 12.3. The summed E-state index contributed by atoms with van der Waals surface area (Å²) in [6.07, 6.45) is 1.98. The van der Waals surface area contributed by atoms with Crippen LogP contribution in [0.5, 0.6) is 5.75 Å². The Morgan fingerprint density at radius 3 is 2.54 bits per heavy atom. The fourth-order valence-corrected chi connectivity index (χ4v) is 2.70. The number of carbonyl (C=O) groups is 1. The molecule has 1 fully saturated rings. The highest BCUT2D eigenvalue weighted by Crippen LogP contribution is 2.43. The van der Waals surface area contributed by atoms with Gasteiger partial charge in [-0.25, -0.2) is 9.48 Å². The smallest absolute Gasteiger partial charge is 0.387 e. The van der Waals surface area contributed by atoms with Gasteiger partial charge in [-0.15, -0.1) is 0 Å². The molecule has 0 aliphatic heterocycles. The number of alkyl halides is 2. The van der Waals surface area contributed by atoms with Crippen molar-refractivity contribution in [2.24, 2.45) is 0 Å². The van der Waals surface area contributed by atoms with Gasteiger partial charge in [-0.2, -0.15) is 13.9 Å².